The summed E-state index contributed by atoms with van der Waals surface area (Å²) in [7, 11) is 0. The van der Waals surface area contributed by atoms with Crippen LogP contribution in [0.3, 0.4) is 0 Å². The Labute approximate surface area is 160 Å². The van der Waals surface area contributed by atoms with Crippen LogP contribution in [0.4, 0.5) is 0 Å². The third-order valence-corrected chi connectivity index (χ3v) is 7.80. The highest BCUT2D eigenvalue weighted by Crippen LogP contribution is 2.69. The zero-order valence-corrected chi connectivity index (χ0v) is 15.4. The Morgan fingerprint density at radius 2 is 1.74 bits per heavy atom. The fraction of sp³-hybridized carbons (Fsp3) is 0.400. The van der Waals surface area contributed by atoms with E-state index < -0.39 is 0 Å². The van der Waals surface area contributed by atoms with Gasteiger partial charge in [-0.05, 0) is 60.6 Å². The van der Waals surface area contributed by atoms with E-state index in [-0.39, 0.29) is 11.6 Å². The minimum absolute atomic E-state index is 0.132. The van der Waals surface area contributed by atoms with Gasteiger partial charge < -0.3 is 4.74 Å². The number of allylic oxidation sites excluding steroid dienone is 1. The monoisotopic (exact) mass is 356 g/mol. The smallest absolute Gasteiger partial charge is 0.339 e. The van der Waals surface area contributed by atoms with E-state index in [4.69, 9.17) is 4.74 Å². The van der Waals surface area contributed by atoms with Gasteiger partial charge in [0.05, 0.1) is 5.56 Å². The van der Waals surface area contributed by atoms with Crippen LogP contribution in [0.5, 0.6) is 0 Å². The molecule has 0 aliphatic heterocycles. The first kappa shape index (κ1) is 15.7. The van der Waals surface area contributed by atoms with Gasteiger partial charge in [0.2, 0.25) is 0 Å². The van der Waals surface area contributed by atoms with Gasteiger partial charge in [0, 0.05) is 11.8 Å². The number of hydrogen-bond acceptors (Lipinski definition) is 2. The zero-order chi connectivity index (χ0) is 18.0. The molecule has 2 aromatic carbocycles. The van der Waals surface area contributed by atoms with E-state index in [0.717, 1.165) is 17.0 Å². The normalized spacial score (nSPS) is 37.6. The molecule has 0 heterocycles. The minimum Gasteiger partial charge on any atom is -0.454 e. The Hall–Kier alpha value is -2.35. The molecule has 0 N–H and O–H groups in total. The fourth-order valence-corrected chi connectivity index (χ4v) is 6.93. The molecule has 0 radical (unpaired) electrons. The summed E-state index contributed by atoms with van der Waals surface area (Å²) in [5.41, 5.74) is 2.51. The molecule has 4 aliphatic carbocycles. The van der Waals surface area contributed by atoms with Gasteiger partial charge in [-0.1, -0.05) is 60.7 Å². The largest absolute Gasteiger partial charge is 0.454 e. The molecule has 27 heavy (non-hydrogen) atoms. The highest BCUT2D eigenvalue weighted by atomic mass is 16.6. The van der Waals surface area contributed by atoms with Crippen LogP contribution in [0.25, 0.3) is 11.1 Å². The molecule has 6 rings (SSSR count). The second-order valence-corrected chi connectivity index (χ2v) is 8.84. The van der Waals surface area contributed by atoms with Gasteiger partial charge in [0.1, 0.15) is 5.60 Å². The van der Waals surface area contributed by atoms with Crippen molar-refractivity contribution in [3.8, 4) is 11.1 Å². The topological polar surface area (TPSA) is 26.3 Å². The van der Waals surface area contributed by atoms with E-state index in [1.54, 1.807) is 0 Å². The molecule has 0 saturated heterocycles. The molecule has 2 heteroatoms. The molecule has 6 atom stereocenters. The molecule has 136 valence electrons. The summed E-state index contributed by atoms with van der Waals surface area (Å²) < 4.78 is 6.55. The van der Waals surface area contributed by atoms with E-state index in [0.29, 0.717) is 29.2 Å². The Morgan fingerprint density at radius 3 is 2.63 bits per heavy atom. The Balaban J connectivity index is 1.39. The van der Waals surface area contributed by atoms with Crippen molar-refractivity contribution < 1.29 is 9.53 Å². The number of benzene rings is 2. The maximum Gasteiger partial charge on any atom is 0.339 e. The Kier molecular flexibility index (Phi) is 3.24. The fourth-order valence-electron chi connectivity index (χ4n) is 6.93. The standard InChI is InChI=1S/C25H24O2/c26-24(22-9-5-4-8-21(22)16-6-2-1-3-7-16)27-25-19-12-10-17(14-19)23(25)18-11-13-20(25)15-18/h1-10,12,17-20,23H,11,13-15H2. The molecule has 0 amide bonds. The maximum atomic E-state index is 13.4. The molecule has 3 fully saturated rings. The van der Waals surface area contributed by atoms with Crippen molar-refractivity contribution in [3.05, 3.63) is 72.3 Å². The molecule has 2 nitrogen and oxygen atoms in total. The number of carbonyl (C=O) groups excluding carboxylic acids is 1. The number of ether oxygens (including phenoxy) is 1. The molecular weight excluding hydrogens is 332 g/mol. The number of esters is 1. The van der Waals surface area contributed by atoms with E-state index in [9.17, 15) is 4.79 Å². The number of hydrogen-bond donors (Lipinski definition) is 0. The van der Waals surface area contributed by atoms with Crippen LogP contribution < -0.4 is 0 Å². The Morgan fingerprint density at radius 1 is 0.926 bits per heavy atom. The van der Waals surface area contributed by atoms with Gasteiger partial charge in [-0.25, -0.2) is 4.79 Å². The maximum absolute atomic E-state index is 13.4. The van der Waals surface area contributed by atoms with E-state index >= 15 is 0 Å². The van der Waals surface area contributed by atoms with Crippen molar-refractivity contribution in [3.63, 3.8) is 0 Å². The summed E-state index contributed by atoms with van der Waals surface area (Å²) in [4.78, 5) is 13.4. The quantitative estimate of drug-likeness (QED) is 0.412. The van der Waals surface area contributed by atoms with Crippen molar-refractivity contribution in [2.45, 2.75) is 31.3 Å². The number of rotatable bonds is 3. The average molecular weight is 356 g/mol. The predicted molar refractivity (Wildman–Crippen MR) is 105 cm³/mol. The lowest BCUT2D eigenvalue weighted by Crippen LogP contribution is -2.50. The third kappa shape index (κ3) is 2.04. The number of fused-ring (bicyclic) bond motifs is 9. The molecule has 0 spiro atoms. The lowest BCUT2D eigenvalue weighted by atomic mass is 9.69. The molecule has 4 aliphatic rings. The second kappa shape index (κ2) is 5.58. The lowest BCUT2D eigenvalue weighted by molar-refractivity contribution is -0.0892. The molecule has 2 aromatic rings. The van der Waals surface area contributed by atoms with Crippen LogP contribution in [0.15, 0.2) is 66.7 Å². The summed E-state index contributed by atoms with van der Waals surface area (Å²) in [6.07, 6.45) is 9.74. The van der Waals surface area contributed by atoms with Crippen molar-refractivity contribution in [2.24, 2.45) is 29.6 Å². The summed E-state index contributed by atoms with van der Waals surface area (Å²) in [5.74, 6) is 2.79. The van der Waals surface area contributed by atoms with Gasteiger partial charge in [-0.3, -0.25) is 0 Å². The first-order valence-electron chi connectivity index (χ1n) is 10.3. The van der Waals surface area contributed by atoms with E-state index in [2.05, 4.69) is 24.3 Å². The van der Waals surface area contributed by atoms with Crippen molar-refractivity contribution in [1.29, 1.82) is 0 Å². The van der Waals surface area contributed by atoms with Crippen LogP contribution in [0.1, 0.15) is 36.0 Å². The molecule has 3 saturated carbocycles. The first-order chi connectivity index (χ1) is 13.3. The summed E-state index contributed by atoms with van der Waals surface area (Å²) >= 11 is 0. The predicted octanol–water partition coefficient (Wildman–Crippen LogP) is 5.50. The molecule has 0 aromatic heterocycles. The zero-order valence-electron chi connectivity index (χ0n) is 15.4. The van der Waals surface area contributed by atoms with Crippen LogP contribution in [0, 0.1) is 29.6 Å². The lowest BCUT2D eigenvalue weighted by Gasteiger charge is -2.44. The van der Waals surface area contributed by atoms with Gasteiger partial charge in [0.15, 0.2) is 0 Å². The van der Waals surface area contributed by atoms with Crippen LogP contribution in [0.2, 0.25) is 0 Å². The van der Waals surface area contributed by atoms with Gasteiger partial charge in [-0.15, -0.1) is 0 Å². The van der Waals surface area contributed by atoms with Gasteiger partial charge >= 0.3 is 5.97 Å². The van der Waals surface area contributed by atoms with Gasteiger partial charge in [0.25, 0.3) is 0 Å². The summed E-state index contributed by atoms with van der Waals surface area (Å²) in [6, 6.07) is 18.1. The van der Waals surface area contributed by atoms with Crippen molar-refractivity contribution in [1.82, 2.24) is 0 Å². The van der Waals surface area contributed by atoms with Crippen molar-refractivity contribution in [2.75, 3.05) is 0 Å². The molecule has 6 unspecified atom stereocenters. The van der Waals surface area contributed by atoms with E-state index in [1.807, 2.05) is 42.5 Å². The van der Waals surface area contributed by atoms with Crippen molar-refractivity contribution >= 4 is 5.97 Å². The van der Waals surface area contributed by atoms with Gasteiger partial charge in [-0.2, -0.15) is 0 Å². The number of carbonyl (C=O) groups is 1. The highest BCUT2D eigenvalue weighted by Gasteiger charge is 2.70. The minimum atomic E-state index is -0.233. The summed E-state index contributed by atoms with van der Waals surface area (Å²) in [5, 5.41) is 0. The third-order valence-electron chi connectivity index (χ3n) is 7.80. The molecular formula is C25H24O2. The van der Waals surface area contributed by atoms with E-state index in [1.165, 1.54) is 25.7 Å². The van der Waals surface area contributed by atoms with Crippen LogP contribution >= 0.6 is 0 Å². The highest BCUT2D eigenvalue weighted by molar-refractivity contribution is 5.97. The SMILES string of the molecule is O=C(OC12C3C=CC(C3)C1C1CCC2C1)c1ccccc1-c1ccccc1. The second-order valence-electron chi connectivity index (χ2n) is 8.84. The first-order valence-corrected chi connectivity index (χ1v) is 10.3. The molecule has 4 bridgehead atoms. The van der Waals surface area contributed by atoms with Crippen LogP contribution in [-0.4, -0.2) is 11.6 Å². The average Bonchev–Trinajstić information content (AvgIpc) is 3.48. The Bertz CT molecular complexity index is 930. The van der Waals surface area contributed by atoms with Crippen LogP contribution in [-0.2, 0) is 4.74 Å². The summed E-state index contributed by atoms with van der Waals surface area (Å²) in [6.45, 7) is 0.